The van der Waals surface area contributed by atoms with E-state index in [1.807, 2.05) is 18.2 Å². The van der Waals surface area contributed by atoms with Crippen LogP contribution in [0.1, 0.15) is 38.2 Å². The fourth-order valence-corrected chi connectivity index (χ4v) is 2.11. The first-order chi connectivity index (χ1) is 11.2. The molecule has 5 nitrogen and oxygen atoms in total. The molecule has 5 heteroatoms. The van der Waals surface area contributed by atoms with Gasteiger partial charge >= 0.3 is 5.97 Å². The number of hydrogen-bond donors (Lipinski definition) is 0. The van der Waals surface area contributed by atoms with Gasteiger partial charge in [-0.1, -0.05) is 25.8 Å². The van der Waals surface area contributed by atoms with Crippen molar-refractivity contribution in [2.45, 2.75) is 32.6 Å². The Labute approximate surface area is 138 Å². The Bertz CT molecular complexity index is 497. The molecule has 0 bridgehead atoms. The van der Waals surface area contributed by atoms with Crippen molar-refractivity contribution in [1.82, 2.24) is 0 Å². The van der Waals surface area contributed by atoms with Gasteiger partial charge in [0.2, 0.25) is 5.75 Å². The van der Waals surface area contributed by atoms with Gasteiger partial charge in [-0.3, -0.25) is 4.79 Å². The number of hydrogen-bond acceptors (Lipinski definition) is 5. The van der Waals surface area contributed by atoms with Gasteiger partial charge in [0.25, 0.3) is 0 Å². The van der Waals surface area contributed by atoms with Crippen LogP contribution >= 0.6 is 0 Å². The molecule has 0 saturated carbocycles. The highest BCUT2D eigenvalue weighted by molar-refractivity contribution is 5.69. The van der Waals surface area contributed by atoms with Gasteiger partial charge in [0.1, 0.15) is 6.61 Å². The minimum absolute atomic E-state index is 0.159. The van der Waals surface area contributed by atoms with Gasteiger partial charge in [0.05, 0.1) is 21.3 Å². The second-order valence-corrected chi connectivity index (χ2v) is 5.00. The summed E-state index contributed by atoms with van der Waals surface area (Å²) >= 11 is 0. The van der Waals surface area contributed by atoms with E-state index < -0.39 is 0 Å². The second kappa shape index (κ2) is 10.5. The third-order valence-electron chi connectivity index (χ3n) is 3.32. The Hall–Kier alpha value is -2.17. The van der Waals surface area contributed by atoms with Crippen molar-refractivity contribution in [2.75, 3.05) is 27.9 Å². The van der Waals surface area contributed by atoms with Crippen molar-refractivity contribution in [1.29, 1.82) is 0 Å². The van der Waals surface area contributed by atoms with Crippen molar-refractivity contribution in [3.63, 3.8) is 0 Å². The lowest BCUT2D eigenvalue weighted by Crippen LogP contribution is -2.03. The van der Waals surface area contributed by atoms with Crippen LogP contribution in [0.25, 0.3) is 6.08 Å². The van der Waals surface area contributed by atoms with Crippen LogP contribution in [0, 0.1) is 0 Å². The monoisotopic (exact) mass is 322 g/mol. The Balaban J connectivity index is 2.61. The van der Waals surface area contributed by atoms with Crippen LogP contribution in [-0.4, -0.2) is 33.9 Å². The molecule has 0 spiro atoms. The molecule has 0 N–H and O–H groups in total. The van der Waals surface area contributed by atoms with E-state index in [2.05, 4.69) is 6.92 Å². The third-order valence-corrected chi connectivity index (χ3v) is 3.32. The highest BCUT2D eigenvalue weighted by atomic mass is 16.5. The number of benzene rings is 1. The number of esters is 1. The molecule has 23 heavy (non-hydrogen) atoms. The molecule has 1 aromatic rings. The number of ether oxygens (including phenoxy) is 4. The Kier molecular flexibility index (Phi) is 8.65. The van der Waals surface area contributed by atoms with Gasteiger partial charge in [0.15, 0.2) is 11.5 Å². The number of rotatable bonds is 10. The van der Waals surface area contributed by atoms with Crippen LogP contribution in [0.2, 0.25) is 0 Å². The van der Waals surface area contributed by atoms with E-state index in [1.54, 1.807) is 27.4 Å². The minimum Gasteiger partial charge on any atom is -0.493 e. The lowest BCUT2D eigenvalue weighted by atomic mass is 10.1. The van der Waals surface area contributed by atoms with Gasteiger partial charge in [-0.2, -0.15) is 0 Å². The molecular weight excluding hydrogens is 296 g/mol. The molecule has 0 saturated heterocycles. The molecule has 0 aliphatic rings. The maximum Gasteiger partial charge on any atom is 0.306 e. The molecule has 0 amide bonds. The quantitative estimate of drug-likeness (QED) is 0.484. The van der Waals surface area contributed by atoms with Crippen LogP contribution < -0.4 is 14.2 Å². The van der Waals surface area contributed by atoms with E-state index in [4.69, 9.17) is 18.9 Å². The number of unbranched alkanes of at least 4 members (excludes halogenated alkanes) is 2. The standard InChI is InChI=1S/C18H26O5/c1-5-6-7-10-17(19)23-11-8-9-14-12-15(20-2)18(22-4)16(13-14)21-3/h8-9,12-13H,5-7,10-11H2,1-4H3/b9-8+. The zero-order chi connectivity index (χ0) is 17.1. The molecule has 0 aliphatic carbocycles. The maximum atomic E-state index is 11.5. The summed E-state index contributed by atoms with van der Waals surface area (Å²) in [7, 11) is 4.71. The summed E-state index contributed by atoms with van der Waals surface area (Å²) in [5.74, 6) is 1.56. The Morgan fingerprint density at radius 3 is 2.22 bits per heavy atom. The number of carbonyl (C=O) groups is 1. The lowest BCUT2D eigenvalue weighted by Gasteiger charge is -2.12. The van der Waals surface area contributed by atoms with E-state index in [9.17, 15) is 4.79 Å². The molecule has 1 aromatic carbocycles. The topological polar surface area (TPSA) is 54.0 Å². The van der Waals surface area contributed by atoms with E-state index in [-0.39, 0.29) is 12.6 Å². The fourth-order valence-electron chi connectivity index (χ4n) is 2.11. The third kappa shape index (κ3) is 6.22. The zero-order valence-corrected chi connectivity index (χ0v) is 14.4. The lowest BCUT2D eigenvalue weighted by molar-refractivity contribution is -0.142. The second-order valence-electron chi connectivity index (χ2n) is 5.00. The van der Waals surface area contributed by atoms with Crippen LogP contribution in [0.15, 0.2) is 18.2 Å². The van der Waals surface area contributed by atoms with Crippen molar-refractivity contribution in [3.8, 4) is 17.2 Å². The SMILES string of the molecule is CCCCCC(=O)OC/C=C/c1cc(OC)c(OC)c(OC)c1. The van der Waals surface area contributed by atoms with E-state index in [1.165, 1.54) is 0 Å². The van der Waals surface area contributed by atoms with Crippen LogP contribution in [-0.2, 0) is 9.53 Å². The average molecular weight is 322 g/mol. The first-order valence-electron chi connectivity index (χ1n) is 7.78. The highest BCUT2D eigenvalue weighted by Gasteiger charge is 2.11. The largest absolute Gasteiger partial charge is 0.493 e. The molecular formula is C18H26O5. The maximum absolute atomic E-state index is 11.5. The smallest absolute Gasteiger partial charge is 0.306 e. The normalized spacial score (nSPS) is 10.6. The molecule has 0 heterocycles. The van der Waals surface area contributed by atoms with E-state index >= 15 is 0 Å². The first-order valence-corrected chi connectivity index (χ1v) is 7.78. The van der Waals surface area contributed by atoms with Crippen molar-refractivity contribution in [3.05, 3.63) is 23.8 Å². The van der Waals surface area contributed by atoms with Crippen LogP contribution in [0.3, 0.4) is 0 Å². The first kappa shape index (κ1) is 18.9. The molecule has 0 atom stereocenters. The van der Waals surface area contributed by atoms with Gasteiger partial charge in [0, 0.05) is 6.42 Å². The summed E-state index contributed by atoms with van der Waals surface area (Å²) in [6.45, 7) is 2.35. The average Bonchev–Trinajstić information content (AvgIpc) is 2.57. The van der Waals surface area contributed by atoms with Crippen LogP contribution in [0.4, 0.5) is 0 Å². The van der Waals surface area contributed by atoms with Gasteiger partial charge in [-0.15, -0.1) is 0 Å². The minimum atomic E-state index is -0.159. The molecule has 128 valence electrons. The molecule has 0 unspecified atom stereocenters. The van der Waals surface area contributed by atoms with Crippen molar-refractivity contribution >= 4 is 12.0 Å². The Morgan fingerprint density at radius 1 is 1.04 bits per heavy atom. The van der Waals surface area contributed by atoms with Gasteiger partial charge in [-0.05, 0) is 30.2 Å². The van der Waals surface area contributed by atoms with Crippen molar-refractivity contribution < 1.29 is 23.7 Å². The van der Waals surface area contributed by atoms with Gasteiger partial charge < -0.3 is 18.9 Å². The molecule has 0 fully saturated rings. The molecule has 0 aromatic heterocycles. The van der Waals surface area contributed by atoms with Crippen molar-refractivity contribution in [2.24, 2.45) is 0 Å². The molecule has 0 aliphatic heterocycles. The number of carbonyl (C=O) groups excluding carboxylic acids is 1. The Morgan fingerprint density at radius 2 is 1.70 bits per heavy atom. The summed E-state index contributed by atoms with van der Waals surface area (Å²) in [6.07, 6.45) is 7.14. The van der Waals surface area contributed by atoms with Gasteiger partial charge in [-0.25, -0.2) is 0 Å². The van der Waals surface area contributed by atoms with E-state index in [0.29, 0.717) is 23.7 Å². The molecule has 1 rings (SSSR count). The number of methoxy groups -OCH3 is 3. The predicted octanol–water partition coefficient (Wildman–Crippen LogP) is 3.85. The summed E-state index contributed by atoms with van der Waals surface area (Å²) < 4.78 is 21.0. The summed E-state index contributed by atoms with van der Waals surface area (Å²) in [4.78, 5) is 11.5. The summed E-state index contributed by atoms with van der Waals surface area (Å²) in [5, 5.41) is 0. The summed E-state index contributed by atoms with van der Waals surface area (Å²) in [5.41, 5.74) is 0.876. The zero-order valence-electron chi connectivity index (χ0n) is 14.4. The fraction of sp³-hybridized carbons (Fsp3) is 0.500. The molecule has 0 radical (unpaired) electrons. The van der Waals surface area contributed by atoms with E-state index in [0.717, 1.165) is 24.8 Å². The summed E-state index contributed by atoms with van der Waals surface area (Å²) in [6, 6.07) is 3.67. The predicted molar refractivity (Wildman–Crippen MR) is 90.2 cm³/mol. The van der Waals surface area contributed by atoms with Crippen LogP contribution in [0.5, 0.6) is 17.2 Å². The highest BCUT2D eigenvalue weighted by Crippen LogP contribution is 2.38.